The molecule has 1 heterocycles. The molecule has 1 atom stereocenters. The molecule has 0 spiro atoms. The highest BCUT2D eigenvalue weighted by molar-refractivity contribution is 6.30. The molecule has 1 aliphatic carbocycles. The second-order valence-electron chi connectivity index (χ2n) is 8.36. The lowest BCUT2D eigenvalue weighted by atomic mass is 9.64. The van der Waals surface area contributed by atoms with Crippen LogP contribution in [-0.4, -0.2) is 31.1 Å². The fraction of sp³-hybridized carbons (Fsp3) is 0.478. The molecule has 2 fully saturated rings. The lowest BCUT2D eigenvalue weighted by molar-refractivity contribution is -0.137. The first kappa shape index (κ1) is 20.5. The Hall–Kier alpha value is -1.72. The van der Waals surface area contributed by atoms with E-state index in [0.717, 1.165) is 43.2 Å². The van der Waals surface area contributed by atoms with Gasteiger partial charge in [-0.2, -0.15) is 13.2 Å². The summed E-state index contributed by atoms with van der Waals surface area (Å²) in [5.74, 6) is 0.896. The van der Waals surface area contributed by atoms with Gasteiger partial charge in [0.25, 0.3) is 0 Å². The molecule has 1 saturated heterocycles. The van der Waals surface area contributed by atoms with Gasteiger partial charge in [0.1, 0.15) is 5.75 Å². The minimum Gasteiger partial charge on any atom is -0.493 e. The van der Waals surface area contributed by atoms with Crippen LogP contribution < -0.4 is 4.74 Å². The first-order chi connectivity index (χ1) is 13.8. The molecule has 156 valence electrons. The number of benzene rings is 2. The van der Waals surface area contributed by atoms with Gasteiger partial charge in [-0.25, -0.2) is 0 Å². The highest BCUT2D eigenvalue weighted by Crippen LogP contribution is 2.45. The van der Waals surface area contributed by atoms with Gasteiger partial charge in [-0.3, -0.25) is 0 Å². The first-order valence-corrected chi connectivity index (χ1v) is 10.5. The fourth-order valence-corrected chi connectivity index (χ4v) is 4.65. The third kappa shape index (κ3) is 4.72. The lowest BCUT2D eigenvalue weighted by Gasteiger charge is -2.45. The molecule has 0 amide bonds. The predicted octanol–water partition coefficient (Wildman–Crippen LogP) is 6.18. The standard InChI is InChI=1S/C23H25ClF3NO/c24-20-6-2-18(3-7-20)22(11-1-12-22)16-28-13-10-17(14-28)15-29-21-8-4-19(5-9-21)23(25,26)27/h2-9,17H,1,10-16H2/t17-/m1/s1. The lowest BCUT2D eigenvalue weighted by Crippen LogP contribution is -2.45. The summed E-state index contributed by atoms with van der Waals surface area (Å²) < 4.78 is 43.7. The molecule has 2 aromatic rings. The third-order valence-electron chi connectivity index (χ3n) is 6.33. The quantitative estimate of drug-likeness (QED) is 0.550. The maximum Gasteiger partial charge on any atom is 0.416 e. The van der Waals surface area contributed by atoms with E-state index in [9.17, 15) is 13.2 Å². The number of hydrogen-bond donors (Lipinski definition) is 0. The van der Waals surface area contributed by atoms with E-state index in [-0.39, 0.29) is 5.41 Å². The van der Waals surface area contributed by atoms with Crippen molar-refractivity contribution in [1.29, 1.82) is 0 Å². The van der Waals surface area contributed by atoms with Gasteiger partial charge in [0.2, 0.25) is 0 Å². The molecule has 6 heteroatoms. The molecule has 1 saturated carbocycles. The second kappa shape index (κ2) is 8.19. The van der Waals surface area contributed by atoms with Gasteiger partial charge in [-0.05, 0) is 67.8 Å². The molecule has 0 bridgehead atoms. The van der Waals surface area contributed by atoms with E-state index in [4.69, 9.17) is 16.3 Å². The minimum absolute atomic E-state index is 0.230. The molecule has 1 aliphatic heterocycles. The maximum atomic E-state index is 12.7. The van der Waals surface area contributed by atoms with Crippen molar-refractivity contribution in [3.63, 3.8) is 0 Å². The van der Waals surface area contributed by atoms with E-state index in [1.807, 2.05) is 12.1 Å². The van der Waals surface area contributed by atoms with Crippen LogP contribution in [0.5, 0.6) is 5.75 Å². The fourth-order valence-electron chi connectivity index (χ4n) is 4.52. The molecule has 2 aromatic carbocycles. The Kier molecular flexibility index (Phi) is 5.80. The summed E-state index contributed by atoms with van der Waals surface area (Å²) in [4.78, 5) is 2.51. The molecular weight excluding hydrogens is 399 g/mol. The zero-order valence-electron chi connectivity index (χ0n) is 16.2. The van der Waals surface area contributed by atoms with Crippen LogP contribution in [0.4, 0.5) is 13.2 Å². The van der Waals surface area contributed by atoms with Crippen LogP contribution in [-0.2, 0) is 11.6 Å². The molecule has 0 radical (unpaired) electrons. The molecule has 29 heavy (non-hydrogen) atoms. The summed E-state index contributed by atoms with van der Waals surface area (Å²) in [6.45, 7) is 3.59. The van der Waals surface area contributed by atoms with Crippen LogP contribution in [0, 0.1) is 5.92 Å². The predicted molar refractivity (Wildman–Crippen MR) is 108 cm³/mol. The number of halogens is 4. The molecule has 4 rings (SSSR count). The van der Waals surface area contributed by atoms with Gasteiger partial charge in [0.15, 0.2) is 0 Å². The van der Waals surface area contributed by atoms with Crippen molar-refractivity contribution < 1.29 is 17.9 Å². The zero-order chi connectivity index (χ0) is 20.5. The smallest absolute Gasteiger partial charge is 0.416 e. The Balaban J connectivity index is 1.29. The number of likely N-dealkylation sites (tertiary alicyclic amines) is 1. The van der Waals surface area contributed by atoms with Crippen LogP contribution >= 0.6 is 11.6 Å². The normalized spacial score (nSPS) is 21.7. The number of ether oxygens (including phenoxy) is 1. The zero-order valence-corrected chi connectivity index (χ0v) is 17.0. The number of hydrogen-bond acceptors (Lipinski definition) is 2. The van der Waals surface area contributed by atoms with E-state index in [1.54, 1.807) is 0 Å². The monoisotopic (exact) mass is 423 g/mol. The average molecular weight is 424 g/mol. The van der Waals surface area contributed by atoms with E-state index in [1.165, 1.54) is 37.0 Å². The van der Waals surface area contributed by atoms with Crippen LogP contribution in [0.3, 0.4) is 0 Å². The van der Waals surface area contributed by atoms with Crippen molar-refractivity contribution in [1.82, 2.24) is 4.90 Å². The number of nitrogens with zero attached hydrogens (tertiary/aromatic N) is 1. The second-order valence-corrected chi connectivity index (χ2v) is 8.80. The van der Waals surface area contributed by atoms with E-state index >= 15 is 0 Å². The van der Waals surface area contributed by atoms with Gasteiger partial charge >= 0.3 is 6.18 Å². The van der Waals surface area contributed by atoms with Crippen LogP contribution in [0.25, 0.3) is 0 Å². The van der Waals surface area contributed by atoms with Gasteiger partial charge in [-0.15, -0.1) is 0 Å². The van der Waals surface area contributed by atoms with Gasteiger partial charge in [0.05, 0.1) is 12.2 Å². The van der Waals surface area contributed by atoms with Crippen LogP contribution in [0.2, 0.25) is 5.02 Å². The highest BCUT2D eigenvalue weighted by Gasteiger charge is 2.41. The topological polar surface area (TPSA) is 12.5 Å². The van der Waals surface area contributed by atoms with Crippen LogP contribution in [0.1, 0.15) is 36.8 Å². The molecule has 0 N–H and O–H groups in total. The Morgan fingerprint density at radius 3 is 2.31 bits per heavy atom. The van der Waals surface area contributed by atoms with Crippen molar-refractivity contribution in [2.75, 3.05) is 26.2 Å². The van der Waals surface area contributed by atoms with E-state index in [0.29, 0.717) is 18.3 Å². The Labute approximate surface area is 174 Å². The summed E-state index contributed by atoms with van der Waals surface area (Å²) in [5.41, 5.74) is 0.954. The van der Waals surface area contributed by atoms with E-state index in [2.05, 4.69) is 17.0 Å². The van der Waals surface area contributed by atoms with E-state index < -0.39 is 11.7 Å². The largest absolute Gasteiger partial charge is 0.493 e. The number of alkyl halides is 3. The minimum atomic E-state index is -4.31. The summed E-state index contributed by atoms with van der Waals surface area (Å²) in [5, 5.41) is 0.768. The summed E-state index contributed by atoms with van der Waals surface area (Å²) in [6, 6.07) is 13.2. The van der Waals surface area contributed by atoms with Crippen molar-refractivity contribution in [2.45, 2.75) is 37.3 Å². The Bertz CT molecular complexity index is 816. The number of rotatable bonds is 6. The van der Waals surface area contributed by atoms with Crippen molar-refractivity contribution in [3.05, 3.63) is 64.7 Å². The Morgan fingerprint density at radius 2 is 1.72 bits per heavy atom. The highest BCUT2D eigenvalue weighted by atomic mass is 35.5. The maximum absolute atomic E-state index is 12.7. The summed E-state index contributed by atoms with van der Waals surface area (Å²) in [7, 11) is 0. The molecular formula is C23H25ClF3NO. The Morgan fingerprint density at radius 1 is 1.03 bits per heavy atom. The summed E-state index contributed by atoms with van der Waals surface area (Å²) >= 11 is 6.05. The molecule has 2 aliphatic rings. The van der Waals surface area contributed by atoms with Crippen molar-refractivity contribution in [3.8, 4) is 5.75 Å². The molecule has 0 unspecified atom stereocenters. The molecule has 0 aromatic heterocycles. The third-order valence-corrected chi connectivity index (χ3v) is 6.58. The van der Waals surface area contributed by atoms with Gasteiger partial charge in [0, 0.05) is 29.4 Å². The molecule has 2 nitrogen and oxygen atoms in total. The average Bonchev–Trinajstić information content (AvgIpc) is 3.11. The van der Waals surface area contributed by atoms with Gasteiger partial charge in [-0.1, -0.05) is 30.2 Å². The first-order valence-electron chi connectivity index (χ1n) is 10.1. The summed E-state index contributed by atoms with van der Waals surface area (Å²) in [6.07, 6.45) is 0.413. The SMILES string of the molecule is FC(F)(F)c1ccc(OC[C@@H]2CCN(CC3(c4ccc(Cl)cc4)CCC3)C2)cc1. The van der Waals surface area contributed by atoms with Crippen LogP contribution in [0.15, 0.2) is 48.5 Å². The van der Waals surface area contributed by atoms with Crippen molar-refractivity contribution >= 4 is 11.6 Å². The van der Waals surface area contributed by atoms with Gasteiger partial charge < -0.3 is 9.64 Å². The van der Waals surface area contributed by atoms with Crippen molar-refractivity contribution in [2.24, 2.45) is 5.92 Å².